The maximum absolute atomic E-state index is 13.9. The maximum atomic E-state index is 13.9. The monoisotopic (exact) mass is 336 g/mol. The topological polar surface area (TPSA) is 66.2 Å². The van der Waals surface area contributed by atoms with Gasteiger partial charge in [0, 0.05) is 16.2 Å². The van der Waals surface area contributed by atoms with E-state index in [9.17, 15) is 14.3 Å². The summed E-state index contributed by atoms with van der Waals surface area (Å²) in [6, 6.07) is 9.55. The Labute approximate surface area is 133 Å². The number of aromatic nitrogens is 1. The van der Waals surface area contributed by atoms with E-state index >= 15 is 0 Å². The first-order chi connectivity index (χ1) is 10.6. The number of carboxylic acid groups (broad SMARTS) is 1. The molecule has 0 fully saturated rings. The number of carbonyl (C=O) groups is 1. The zero-order valence-corrected chi connectivity index (χ0v) is 12.6. The molecule has 0 atom stereocenters. The lowest BCUT2D eigenvalue weighted by molar-refractivity contribution is -0.301. The normalized spacial score (nSPS) is 11.0. The number of rotatable bonds is 4. The zero-order chi connectivity index (χ0) is 15.7. The van der Waals surface area contributed by atoms with Crippen molar-refractivity contribution in [3.63, 3.8) is 0 Å². The molecule has 0 saturated heterocycles. The second-order valence-corrected chi connectivity index (χ2v) is 5.82. The molecular formula is C15H8ClFNO3S-. The van der Waals surface area contributed by atoms with Crippen LogP contribution in [0.1, 0.15) is 0 Å². The summed E-state index contributed by atoms with van der Waals surface area (Å²) < 4.78 is 19.1. The highest BCUT2D eigenvalue weighted by Crippen LogP contribution is 2.38. The van der Waals surface area contributed by atoms with Crippen LogP contribution < -0.4 is 5.11 Å². The van der Waals surface area contributed by atoms with E-state index in [1.54, 1.807) is 30.3 Å². The second-order valence-electron chi connectivity index (χ2n) is 4.43. The highest BCUT2D eigenvalue weighted by atomic mass is 35.5. The number of nitrogens with zero attached hydrogens (tertiary/aromatic N) is 1. The van der Waals surface area contributed by atoms with Gasteiger partial charge in [-0.3, -0.25) is 0 Å². The van der Waals surface area contributed by atoms with Gasteiger partial charge in [-0.05, 0) is 24.3 Å². The standard InChI is InChI=1S/C15H9ClFNO3S/c16-13-11(22-7-12(19)20)6-5-9-14(18-21-15(9)13)8-3-1-2-4-10(8)17/h1-6H,7H2,(H,19,20)/p-1. The lowest BCUT2D eigenvalue weighted by Crippen LogP contribution is -2.24. The van der Waals surface area contributed by atoms with Crippen molar-refractivity contribution < 1.29 is 18.8 Å². The van der Waals surface area contributed by atoms with Crippen LogP contribution in [-0.4, -0.2) is 16.9 Å². The Morgan fingerprint density at radius 1 is 1.32 bits per heavy atom. The van der Waals surface area contributed by atoms with E-state index in [4.69, 9.17) is 16.1 Å². The third-order valence-electron chi connectivity index (χ3n) is 3.02. The molecule has 0 aliphatic carbocycles. The van der Waals surface area contributed by atoms with Gasteiger partial charge in [-0.25, -0.2) is 4.39 Å². The molecule has 0 saturated carbocycles. The number of halogens is 2. The van der Waals surface area contributed by atoms with E-state index in [0.717, 1.165) is 11.8 Å². The number of fused-ring (bicyclic) bond motifs is 1. The van der Waals surface area contributed by atoms with Crippen LogP contribution >= 0.6 is 23.4 Å². The highest BCUT2D eigenvalue weighted by Gasteiger charge is 2.17. The minimum Gasteiger partial charge on any atom is -0.549 e. The highest BCUT2D eigenvalue weighted by molar-refractivity contribution is 8.00. The first kappa shape index (κ1) is 14.9. The van der Waals surface area contributed by atoms with Crippen molar-refractivity contribution >= 4 is 40.3 Å². The van der Waals surface area contributed by atoms with Crippen molar-refractivity contribution in [2.45, 2.75) is 4.90 Å². The number of carbonyl (C=O) groups excluding carboxylic acids is 1. The van der Waals surface area contributed by atoms with E-state index in [-0.39, 0.29) is 10.8 Å². The Hall–Kier alpha value is -2.05. The van der Waals surface area contributed by atoms with Crippen LogP contribution in [0.5, 0.6) is 0 Å². The second kappa shape index (κ2) is 5.98. The molecule has 1 aromatic heterocycles. The van der Waals surface area contributed by atoms with Crippen molar-refractivity contribution in [3.05, 3.63) is 47.2 Å². The van der Waals surface area contributed by atoms with E-state index < -0.39 is 11.8 Å². The molecule has 0 unspecified atom stereocenters. The number of hydrogen-bond donors (Lipinski definition) is 0. The summed E-state index contributed by atoms with van der Waals surface area (Å²) in [6.45, 7) is 0. The molecule has 1 heterocycles. The van der Waals surface area contributed by atoms with Gasteiger partial charge in [0.05, 0.1) is 11.4 Å². The molecule has 0 amide bonds. The Morgan fingerprint density at radius 2 is 2.09 bits per heavy atom. The molecule has 3 rings (SSSR count). The van der Waals surface area contributed by atoms with Crippen LogP contribution in [-0.2, 0) is 4.79 Å². The van der Waals surface area contributed by atoms with Crippen molar-refractivity contribution in [2.75, 3.05) is 5.75 Å². The van der Waals surface area contributed by atoms with Crippen LogP contribution in [0.15, 0.2) is 45.8 Å². The van der Waals surface area contributed by atoms with Gasteiger partial charge in [0.15, 0.2) is 5.58 Å². The molecule has 0 aliphatic heterocycles. The number of carboxylic acids is 1. The Kier molecular flexibility index (Phi) is 4.04. The Balaban J connectivity index is 2.08. The molecule has 0 aliphatic rings. The summed E-state index contributed by atoms with van der Waals surface area (Å²) in [6.07, 6.45) is 0. The molecule has 0 radical (unpaired) electrons. The van der Waals surface area contributed by atoms with E-state index in [1.165, 1.54) is 6.07 Å². The Morgan fingerprint density at radius 3 is 2.82 bits per heavy atom. The van der Waals surface area contributed by atoms with Crippen LogP contribution in [0.25, 0.3) is 22.2 Å². The predicted octanol–water partition coefficient (Wildman–Crippen LogP) is 3.13. The fraction of sp³-hybridized carbons (Fsp3) is 0.0667. The largest absolute Gasteiger partial charge is 0.549 e. The number of aliphatic carboxylic acids is 1. The first-order valence-electron chi connectivity index (χ1n) is 6.23. The molecule has 0 N–H and O–H groups in total. The molecule has 2 aromatic carbocycles. The van der Waals surface area contributed by atoms with E-state index in [1.807, 2.05) is 0 Å². The van der Waals surface area contributed by atoms with Gasteiger partial charge >= 0.3 is 0 Å². The van der Waals surface area contributed by atoms with Gasteiger partial charge in [-0.2, -0.15) is 0 Å². The maximum Gasteiger partial charge on any atom is 0.187 e. The van der Waals surface area contributed by atoms with Crippen LogP contribution in [0.3, 0.4) is 0 Å². The smallest absolute Gasteiger partial charge is 0.187 e. The van der Waals surface area contributed by atoms with Gasteiger partial charge in [0.25, 0.3) is 0 Å². The molecular weight excluding hydrogens is 329 g/mol. The molecule has 22 heavy (non-hydrogen) atoms. The lowest BCUT2D eigenvalue weighted by Gasteiger charge is -2.05. The summed E-state index contributed by atoms with van der Waals surface area (Å²) >= 11 is 7.23. The SMILES string of the molecule is O=C([O-])CSc1ccc2c(-c3ccccc3F)noc2c1Cl. The van der Waals surface area contributed by atoms with Crippen molar-refractivity contribution in [2.24, 2.45) is 0 Å². The molecule has 0 bridgehead atoms. The van der Waals surface area contributed by atoms with Crippen LogP contribution in [0.4, 0.5) is 4.39 Å². The number of benzene rings is 2. The van der Waals surface area contributed by atoms with Crippen molar-refractivity contribution in [3.8, 4) is 11.3 Å². The van der Waals surface area contributed by atoms with E-state index in [0.29, 0.717) is 27.1 Å². The summed E-state index contributed by atoms with van der Waals surface area (Å²) in [5, 5.41) is 15.2. The lowest BCUT2D eigenvalue weighted by atomic mass is 10.1. The minimum absolute atomic E-state index is 0.223. The molecule has 0 spiro atoms. The van der Waals surface area contributed by atoms with Gasteiger partial charge < -0.3 is 14.4 Å². The van der Waals surface area contributed by atoms with Gasteiger partial charge in [-0.1, -0.05) is 28.9 Å². The quantitative estimate of drug-likeness (QED) is 0.685. The van der Waals surface area contributed by atoms with Crippen LogP contribution in [0.2, 0.25) is 5.02 Å². The first-order valence-corrected chi connectivity index (χ1v) is 7.59. The van der Waals surface area contributed by atoms with E-state index in [2.05, 4.69) is 5.16 Å². The molecule has 3 aromatic rings. The average Bonchev–Trinajstić information content (AvgIpc) is 2.91. The number of thioether (sulfide) groups is 1. The van der Waals surface area contributed by atoms with Gasteiger partial charge in [0.2, 0.25) is 0 Å². The fourth-order valence-corrected chi connectivity index (χ4v) is 3.07. The van der Waals surface area contributed by atoms with Crippen molar-refractivity contribution in [1.82, 2.24) is 5.16 Å². The Bertz CT molecular complexity index is 865. The van der Waals surface area contributed by atoms with Gasteiger partial charge in [-0.15, -0.1) is 11.8 Å². The molecule has 4 nitrogen and oxygen atoms in total. The average molecular weight is 337 g/mol. The van der Waals surface area contributed by atoms with Crippen LogP contribution in [0, 0.1) is 5.82 Å². The molecule has 112 valence electrons. The van der Waals surface area contributed by atoms with Gasteiger partial charge in [0.1, 0.15) is 16.5 Å². The summed E-state index contributed by atoms with van der Waals surface area (Å²) in [5.74, 6) is -1.82. The third kappa shape index (κ3) is 2.67. The summed E-state index contributed by atoms with van der Waals surface area (Å²) in [7, 11) is 0. The summed E-state index contributed by atoms with van der Waals surface area (Å²) in [4.78, 5) is 11.1. The summed E-state index contributed by atoms with van der Waals surface area (Å²) in [5.41, 5.74) is 0.960. The number of hydrogen-bond acceptors (Lipinski definition) is 5. The third-order valence-corrected chi connectivity index (χ3v) is 4.54. The zero-order valence-electron chi connectivity index (χ0n) is 11.0. The fourth-order valence-electron chi connectivity index (χ4n) is 2.05. The molecule has 7 heteroatoms. The minimum atomic E-state index is -1.19. The van der Waals surface area contributed by atoms with Crippen molar-refractivity contribution in [1.29, 1.82) is 0 Å². The predicted molar refractivity (Wildman–Crippen MR) is 80.1 cm³/mol.